The van der Waals surface area contributed by atoms with Crippen molar-refractivity contribution >= 4 is 23.3 Å². The third-order valence-electron chi connectivity index (χ3n) is 6.24. The molecule has 3 amide bonds. The average molecular weight is 543 g/mol. The molecule has 0 bridgehead atoms. The van der Waals surface area contributed by atoms with Gasteiger partial charge in [-0.3, -0.25) is 9.48 Å². The van der Waals surface area contributed by atoms with Crippen LogP contribution in [0.15, 0.2) is 55.1 Å². The topological polar surface area (TPSA) is 119 Å². The largest absolute Gasteiger partial charge is 0.405 e. The monoisotopic (exact) mass is 542 g/mol. The fourth-order valence-corrected chi connectivity index (χ4v) is 4.20. The number of morpholine rings is 1. The van der Waals surface area contributed by atoms with Crippen molar-refractivity contribution < 1.29 is 27.5 Å². The molecule has 1 unspecified atom stereocenters. The summed E-state index contributed by atoms with van der Waals surface area (Å²) in [5.74, 6) is -0.0195. The van der Waals surface area contributed by atoms with Crippen molar-refractivity contribution in [1.82, 2.24) is 34.6 Å². The summed E-state index contributed by atoms with van der Waals surface area (Å²) < 4.78 is 45.6. The number of hydrogen-bond acceptors (Lipinski definition) is 6. The van der Waals surface area contributed by atoms with E-state index in [0.717, 1.165) is 11.1 Å². The number of hydrogen-bond donors (Lipinski definition) is 2. The molecule has 0 spiro atoms. The highest BCUT2D eigenvalue weighted by Crippen LogP contribution is 2.26. The van der Waals surface area contributed by atoms with Crippen molar-refractivity contribution in [3.8, 4) is 22.4 Å². The van der Waals surface area contributed by atoms with Crippen LogP contribution in [0.25, 0.3) is 28.0 Å². The first-order chi connectivity index (χ1) is 18.7. The summed E-state index contributed by atoms with van der Waals surface area (Å²) in [4.78, 5) is 30.9. The average Bonchev–Trinajstić information content (AvgIpc) is 3.59. The molecule has 204 valence electrons. The zero-order valence-corrected chi connectivity index (χ0v) is 20.9. The normalized spacial score (nSPS) is 14.8. The van der Waals surface area contributed by atoms with E-state index < -0.39 is 24.8 Å². The van der Waals surface area contributed by atoms with Crippen molar-refractivity contribution in [2.45, 2.75) is 19.1 Å². The van der Waals surface area contributed by atoms with Gasteiger partial charge in [0.2, 0.25) is 5.91 Å². The zero-order valence-electron chi connectivity index (χ0n) is 20.9. The van der Waals surface area contributed by atoms with Gasteiger partial charge in [0.25, 0.3) is 0 Å². The highest BCUT2D eigenvalue weighted by Gasteiger charge is 2.28. The fourth-order valence-electron chi connectivity index (χ4n) is 4.20. The van der Waals surface area contributed by atoms with Crippen LogP contribution in [-0.4, -0.2) is 80.2 Å². The number of urea groups is 1. The molecule has 1 fully saturated rings. The van der Waals surface area contributed by atoms with Crippen molar-refractivity contribution in [1.29, 1.82) is 0 Å². The highest BCUT2D eigenvalue weighted by atomic mass is 19.4. The summed E-state index contributed by atoms with van der Waals surface area (Å²) in [6.45, 7) is 2.55. The molecular weight excluding hydrogens is 517 g/mol. The molecule has 0 saturated carbocycles. The van der Waals surface area contributed by atoms with Crippen molar-refractivity contribution in [3.05, 3.63) is 55.1 Å². The molecule has 4 heterocycles. The van der Waals surface area contributed by atoms with E-state index in [4.69, 9.17) is 4.74 Å². The van der Waals surface area contributed by atoms with Gasteiger partial charge in [0.1, 0.15) is 12.6 Å². The van der Waals surface area contributed by atoms with Crippen LogP contribution < -0.4 is 10.6 Å². The summed E-state index contributed by atoms with van der Waals surface area (Å²) in [7, 11) is 0. The van der Waals surface area contributed by atoms with E-state index in [1.54, 1.807) is 75.4 Å². The molecule has 5 rings (SSSR count). The van der Waals surface area contributed by atoms with Gasteiger partial charge in [-0.25, -0.2) is 14.3 Å². The molecule has 0 aliphatic carbocycles. The number of amides is 3. The van der Waals surface area contributed by atoms with Crippen molar-refractivity contribution in [3.63, 3.8) is 0 Å². The third kappa shape index (κ3) is 6.00. The van der Waals surface area contributed by atoms with Gasteiger partial charge < -0.3 is 20.3 Å². The van der Waals surface area contributed by atoms with E-state index in [0.29, 0.717) is 48.9 Å². The molecule has 39 heavy (non-hydrogen) atoms. The number of nitrogens with zero attached hydrogens (tertiary/aromatic N) is 6. The molecular formula is C25H25F3N8O3. The Balaban J connectivity index is 1.31. The lowest BCUT2D eigenvalue weighted by Crippen LogP contribution is -2.43. The third-order valence-corrected chi connectivity index (χ3v) is 6.24. The molecule has 4 aromatic rings. The molecule has 1 atom stereocenters. The van der Waals surface area contributed by atoms with Gasteiger partial charge in [0.05, 0.1) is 37.5 Å². The number of halogens is 3. The van der Waals surface area contributed by atoms with Crippen LogP contribution in [-0.2, 0) is 9.53 Å². The number of nitrogens with one attached hydrogen (secondary N) is 2. The minimum atomic E-state index is -4.50. The SMILES string of the molecule is CC(C(=O)N1CCOCC1)n1cc(-c2cnn3c(-c4cccc(NC(=O)NCC(F)(F)F)c4)cnc3c2)cn1. The number of benzene rings is 1. The molecule has 2 N–H and O–H groups in total. The predicted octanol–water partition coefficient (Wildman–Crippen LogP) is 3.36. The number of alkyl halides is 3. The minimum absolute atomic E-state index is 0.0195. The van der Waals surface area contributed by atoms with Crippen LogP contribution in [0.5, 0.6) is 0 Å². The summed E-state index contributed by atoms with van der Waals surface area (Å²) in [5, 5.41) is 13.1. The standard InChI is InChI=1S/C25H25F3N8O3/c1-16(23(37)34-5-7-39-8-6-34)35-14-19(12-31-35)18-10-22-29-13-21(36(22)32-11-18)17-3-2-4-20(9-17)33-24(38)30-15-25(26,27)28/h2-4,9-14,16H,5-8,15H2,1H3,(H2,30,33,38). The van der Waals surface area contributed by atoms with Gasteiger partial charge in [-0.05, 0) is 25.1 Å². The van der Waals surface area contributed by atoms with E-state index in [9.17, 15) is 22.8 Å². The number of imidazole rings is 1. The van der Waals surface area contributed by atoms with E-state index >= 15 is 0 Å². The molecule has 11 nitrogen and oxygen atoms in total. The van der Waals surface area contributed by atoms with E-state index in [2.05, 4.69) is 20.5 Å². The van der Waals surface area contributed by atoms with Gasteiger partial charge in [0.15, 0.2) is 5.65 Å². The number of carbonyl (C=O) groups excluding carboxylic acids is 2. The second-order valence-corrected chi connectivity index (χ2v) is 8.98. The maximum atomic E-state index is 12.8. The number of rotatable bonds is 6. The van der Waals surface area contributed by atoms with Crippen LogP contribution in [0.2, 0.25) is 0 Å². The quantitative estimate of drug-likeness (QED) is 0.386. The van der Waals surface area contributed by atoms with Crippen LogP contribution in [0.4, 0.5) is 23.7 Å². The zero-order chi connectivity index (χ0) is 27.6. The van der Waals surface area contributed by atoms with Gasteiger partial charge >= 0.3 is 12.2 Å². The lowest BCUT2D eigenvalue weighted by Gasteiger charge is -2.29. The van der Waals surface area contributed by atoms with Gasteiger partial charge in [-0.1, -0.05) is 12.1 Å². The predicted molar refractivity (Wildman–Crippen MR) is 135 cm³/mol. The number of aromatic nitrogens is 5. The summed E-state index contributed by atoms with van der Waals surface area (Å²) in [6, 6.07) is 7.01. The second kappa shape index (κ2) is 10.7. The lowest BCUT2D eigenvalue weighted by molar-refractivity contribution is -0.138. The molecule has 0 radical (unpaired) electrons. The Morgan fingerprint density at radius 2 is 1.82 bits per heavy atom. The Bertz CT molecular complexity index is 1490. The number of ether oxygens (including phenoxy) is 1. The van der Waals surface area contributed by atoms with Crippen LogP contribution in [0.3, 0.4) is 0 Å². The number of anilines is 1. The smallest absolute Gasteiger partial charge is 0.378 e. The molecule has 1 aromatic carbocycles. The summed E-state index contributed by atoms with van der Waals surface area (Å²) >= 11 is 0. The first-order valence-electron chi connectivity index (χ1n) is 12.1. The minimum Gasteiger partial charge on any atom is -0.378 e. The van der Waals surface area contributed by atoms with Crippen LogP contribution in [0, 0.1) is 0 Å². The van der Waals surface area contributed by atoms with Crippen molar-refractivity contribution in [2.75, 3.05) is 38.2 Å². The molecule has 1 saturated heterocycles. The fraction of sp³-hybridized carbons (Fsp3) is 0.320. The van der Waals surface area contributed by atoms with E-state index in [1.165, 1.54) is 0 Å². The summed E-state index contributed by atoms with van der Waals surface area (Å²) in [5.41, 5.74) is 3.66. The maximum absolute atomic E-state index is 12.8. The Labute approximate surface area is 220 Å². The Morgan fingerprint density at radius 1 is 1.05 bits per heavy atom. The Morgan fingerprint density at radius 3 is 2.59 bits per heavy atom. The van der Waals surface area contributed by atoms with Gasteiger partial charge in [-0.2, -0.15) is 23.4 Å². The highest BCUT2D eigenvalue weighted by molar-refractivity contribution is 5.90. The molecule has 14 heteroatoms. The Kier molecular flexibility index (Phi) is 7.19. The number of carbonyl (C=O) groups is 2. The second-order valence-electron chi connectivity index (χ2n) is 8.98. The molecule has 3 aromatic heterocycles. The number of fused-ring (bicyclic) bond motifs is 1. The van der Waals surface area contributed by atoms with Crippen LogP contribution in [0.1, 0.15) is 13.0 Å². The lowest BCUT2D eigenvalue weighted by atomic mass is 10.1. The van der Waals surface area contributed by atoms with Crippen molar-refractivity contribution in [2.24, 2.45) is 0 Å². The maximum Gasteiger partial charge on any atom is 0.405 e. The van der Waals surface area contributed by atoms with Gasteiger partial charge in [-0.15, -0.1) is 0 Å². The summed E-state index contributed by atoms with van der Waals surface area (Å²) in [6.07, 6.45) is 2.22. The first kappa shape index (κ1) is 26.2. The first-order valence-corrected chi connectivity index (χ1v) is 12.1. The molecule has 1 aliphatic rings. The van der Waals surface area contributed by atoms with E-state index in [-0.39, 0.29) is 5.91 Å². The Hall–Kier alpha value is -4.46. The molecule has 1 aliphatic heterocycles. The van der Waals surface area contributed by atoms with E-state index in [1.807, 2.05) is 6.07 Å². The van der Waals surface area contributed by atoms with Crippen LogP contribution >= 0.6 is 0 Å². The van der Waals surface area contributed by atoms with Gasteiger partial charge in [0, 0.05) is 41.7 Å².